The number of anilines is 4. The number of hydrogen-bond acceptors (Lipinski definition) is 7. The van der Waals surface area contributed by atoms with Gasteiger partial charge in [0, 0.05) is 30.1 Å². The van der Waals surface area contributed by atoms with E-state index in [9.17, 15) is 14.0 Å². The average molecular weight is 395 g/mol. The standard InChI is InChI=1S/C20H18FN5O3/c1-12(27)13-5-3-6-14(9-13)24-18-17(21)11-23-19(26-18)25-15-7-4-8-16(10-15)29-20(28)22-2/h3-11H,1-2H3,(H,22,28)(H2,23,24,25,26). The predicted molar refractivity (Wildman–Crippen MR) is 107 cm³/mol. The fraction of sp³-hybridized carbons (Fsp3) is 0.100. The van der Waals surface area contributed by atoms with Gasteiger partial charge in [0.25, 0.3) is 0 Å². The van der Waals surface area contributed by atoms with Crippen molar-refractivity contribution in [3.05, 3.63) is 66.1 Å². The summed E-state index contributed by atoms with van der Waals surface area (Å²) in [5.41, 5.74) is 1.56. The first kappa shape index (κ1) is 19.7. The molecule has 0 radical (unpaired) electrons. The first-order valence-corrected chi connectivity index (χ1v) is 8.62. The number of nitrogens with zero attached hydrogens (tertiary/aromatic N) is 2. The first-order valence-electron chi connectivity index (χ1n) is 8.62. The van der Waals surface area contributed by atoms with Crippen molar-refractivity contribution in [1.82, 2.24) is 15.3 Å². The normalized spacial score (nSPS) is 10.2. The zero-order chi connectivity index (χ0) is 20.8. The third-order valence-corrected chi connectivity index (χ3v) is 3.78. The van der Waals surface area contributed by atoms with E-state index in [-0.39, 0.29) is 17.5 Å². The lowest BCUT2D eigenvalue weighted by Gasteiger charge is -2.11. The molecule has 148 valence electrons. The lowest BCUT2D eigenvalue weighted by Crippen LogP contribution is -2.22. The van der Waals surface area contributed by atoms with Crippen molar-refractivity contribution < 1.29 is 18.7 Å². The zero-order valence-electron chi connectivity index (χ0n) is 15.7. The number of benzene rings is 2. The Labute approximate surface area is 166 Å². The van der Waals surface area contributed by atoms with Crippen LogP contribution in [0.15, 0.2) is 54.7 Å². The van der Waals surface area contributed by atoms with E-state index in [1.807, 2.05) is 0 Å². The van der Waals surface area contributed by atoms with E-state index in [4.69, 9.17) is 4.74 Å². The van der Waals surface area contributed by atoms with Gasteiger partial charge in [-0.15, -0.1) is 0 Å². The van der Waals surface area contributed by atoms with Crippen molar-refractivity contribution in [2.75, 3.05) is 17.7 Å². The zero-order valence-corrected chi connectivity index (χ0v) is 15.7. The molecule has 3 aromatic rings. The number of carbonyl (C=O) groups is 2. The number of rotatable bonds is 6. The number of nitrogens with one attached hydrogen (secondary N) is 3. The van der Waals surface area contributed by atoms with Gasteiger partial charge in [-0.25, -0.2) is 14.2 Å². The van der Waals surface area contributed by atoms with Gasteiger partial charge in [0.1, 0.15) is 5.75 Å². The monoisotopic (exact) mass is 395 g/mol. The number of carbonyl (C=O) groups excluding carboxylic acids is 2. The lowest BCUT2D eigenvalue weighted by atomic mass is 10.1. The maximum Gasteiger partial charge on any atom is 0.412 e. The van der Waals surface area contributed by atoms with Crippen LogP contribution in [0.4, 0.5) is 32.3 Å². The number of aromatic nitrogens is 2. The molecular weight excluding hydrogens is 377 g/mol. The van der Waals surface area contributed by atoms with Crippen molar-refractivity contribution in [3.8, 4) is 5.75 Å². The second-order valence-corrected chi connectivity index (χ2v) is 5.94. The Morgan fingerprint density at radius 1 is 1.03 bits per heavy atom. The molecule has 3 rings (SSSR count). The highest BCUT2D eigenvalue weighted by atomic mass is 19.1. The van der Waals surface area contributed by atoms with Crippen LogP contribution < -0.4 is 20.7 Å². The number of halogens is 1. The van der Waals surface area contributed by atoms with Gasteiger partial charge < -0.3 is 20.7 Å². The van der Waals surface area contributed by atoms with Crippen LogP contribution in [0, 0.1) is 5.82 Å². The van der Waals surface area contributed by atoms with Crippen LogP contribution in [-0.4, -0.2) is 28.9 Å². The highest BCUT2D eigenvalue weighted by molar-refractivity contribution is 5.95. The Morgan fingerprint density at radius 3 is 2.48 bits per heavy atom. The summed E-state index contributed by atoms with van der Waals surface area (Å²) < 4.78 is 19.2. The second kappa shape index (κ2) is 8.79. The Morgan fingerprint density at radius 2 is 1.76 bits per heavy atom. The Bertz CT molecular complexity index is 1060. The van der Waals surface area contributed by atoms with Crippen LogP contribution in [0.1, 0.15) is 17.3 Å². The third kappa shape index (κ3) is 5.25. The molecule has 0 saturated carbocycles. The largest absolute Gasteiger partial charge is 0.412 e. The van der Waals surface area contributed by atoms with Crippen LogP contribution in [-0.2, 0) is 0 Å². The fourth-order valence-corrected chi connectivity index (χ4v) is 2.39. The highest BCUT2D eigenvalue weighted by Crippen LogP contribution is 2.23. The van der Waals surface area contributed by atoms with Crippen LogP contribution in [0.25, 0.3) is 0 Å². The van der Waals surface area contributed by atoms with E-state index in [1.54, 1.807) is 48.5 Å². The Hall–Kier alpha value is -4.01. The Kier molecular flexibility index (Phi) is 5.98. The van der Waals surface area contributed by atoms with Gasteiger partial charge in [-0.1, -0.05) is 18.2 Å². The number of ether oxygens (including phenoxy) is 1. The molecular formula is C20H18FN5O3. The van der Waals surface area contributed by atoms with E-state index in [2.05, 4.69) is 25.9 Å². The van der Waals surface area contributed by atoms with E-state index >= 15 is 0 Å². The van der Waals surface area contributed by atoms with Gasteiger partial charge in [0.15, 0.2) is 17.4 Å². The van der Waals surface area contributed by atoms with E-state index in [1.165, 1.54) is 14.0 Å². The van der Waals surface area contributed by atoms with Crippen molar-refractivity contribution in [2.24, 2.45) is 0 Å². The average Bonchev–Trinajstić information content (AvgIpc) is 2.71. The second-order valence-electron chi connectivity index (χ2n) is 5.94. The first-order chi connectivity index (χ1) is 13.9. The quantitative estimate of drug-likeness (QED) is 0.541. The molecule has 0 spiro atoms. The topological polar surface area (TPSA) is 105 Å². The van der Waals surface area contributed by atoms with E-state index in [0.717, 1.165) is 6.20 Å². The Balaban J connectivity index is 1.79. The molecule has 1 aromatic heterocycles. The van der Waals surface area contributed by atoms with Gasteiger partial charge >= 0.3 is 6.09 Å². The SMILES string of the molecule is CNC(=O)Oc1cccc(Nc2ncc(F)c(Nc3cccc(C(C)=O)c3)n2)c1. The lowest BCUT2D eigenvalue weighted by molar-refractivity contribution is 0.101. The van der Waals surface area contributed by atoms with Crippen LogP contribution in [0.5, 0.6) is 5.75 Å². The molecule has 0 aliphatic rings. The van der Waals surface area contributed by atoms with E-state index < -0.39 is 11.9 Å². The van der Waals surface area contributed by atoms with Crippen molar-refractivity contribution in [2.45, 2.75) is 6.92 Å². The van der Waals surface area contributed by atoms with Gasteiger partial charge in [-0.2, -0.15) is 4.98 Å². The summed E-state index contributed by atoms with van der Waals surface area (Å²) in [5, 5.41) is 8.12. The maximum absolute atomic E-state index is 14.2. The summed E-state index contributed by atoms with van der Waals surface area (Å²) in [5.74, 6) is -0.357. The molecule has 0 aliphatic heterocycles. The predicted octanol–water partition coefficient (Wildman–Crippen LogP) is 4.02. The minimum absolute atomic E-state index is 0.0547. The summed E-state index contributed by atoms with van der Waals surface area (Å²) in [4.78, 5) is 30.9. The van der Waals surface area contributed by atoms with Crippen LogP contribution in [0.3, 0.4) is 0 Å². The number of amides is 1. The summed E-state index contributed by atoms with van der Waals surface area (Å²) in [6.45, 7) is 1.45. The number of ketones is 1. The molecule has 2 aromatic carbocycles. The molecule has 0 saturated heterocycles. The summed E-state index contributed by atoms with van der Waals surface area (Å²) >= 11 is 0. The summed E-state index contributed by atoms with van der Waals surface area (Å²) in [6, 6.07) is 13.2. The molecule has 0 atom stereocenters. The molecule has 0 fully saturated rings. The van der Waals surface area contributed by atoms with Crippen molar-refractivity contribution >= 4 is 35.0 Å². The maximum atomic E-state index is 14.2. The van der Waals surface area contributed by atoms with Crippen molar-refractivity contribution in [1.29, 1.82) is 0 Å². The summed E-state index contributed by atoms with van der Waals surface area (Å²) in [6.07, 6.45) is 0.427. The molecule has 8 nitrogen and oxygen atoms in total. The van der Waals surface area contributed by atoms with Gasteiger partial charge in [-0.3, -0.25) is 4.79 Å². The minimum Gasteiger partial charge on any atom is -0.410 e. The number of hydrogen-bond donors (Lipinski definition) is 3. The van der Waals surface area contributed by atoms with Crippen LogP contribution >= 0.6 is 0 Å². The molecule has 3 N–H and O–H groups in total. The molecule has 29 heavy (non-hydrogen) atoms. The fourth-order valence-electron chi connectivity index (χ4n) is 2.39. The minimum atomic E-state index is -0.652. The van der Waals surface area contributed by atoms with Gasteiger partial charge in [0.2, 0.25) is 5.95 Å². The molecule has 1 heterocycles. The number of Topliss-reactive ketones (excluding diaryl/α,β-unsaturated/α-hetero) is 1. The molecule has 1 amide bonds. The van der Waals surface area contributed by atoms with E-state index in [0.29, 0.717) is 22.7 Å². The smallest absolute Gasteiger partial charge is 0.410 e. The third-order valence-electron chi connectivity index (χ3n) is 3.78. The van der Waals surface area contributed by atoms with Crippen molar-refractivity contribution in [3.63, 3.8) is 0 Å². The van der Waals surface area contributed by atoms with Crippen LogP contribution in [0.2, 0.25) is 0 Å². The summed E-state index contributed by atoms with van der Waals surface area (Å²) in [7, 11) is 1.46. The molecule has 9 heteroatoms. The molecule has 0 unspecified atom stereocenters. The molecule has 0 bridgehead atoms. The van der Waals surface area contributed by atoms with Gasteiger partial charge in [-0.05, 0) is 31.2 Å². The van der Waals surface area contributed by atoms with Gasteiger partial charge in [0.05, 0.1) is 6.20 Å². The molecule has 0 aliphatic carbocycles. The highest BCUT2D eigenvalue weighted by Gasteiger charge is 2.10.